The van der Waals surface area contributed by atoms with Crippen molar-refractivity contribution in [3.05, 3.63) is 131 Å². The number of fused-ring (bicyclic) bond motifs is 1. The maximum atomic E-state index is 13.9. The van der Waals surface area contributed by atoms with Crippen LogP contribution in [0.4, 0.5) is 21.0 Å². The largest absolute Gasteiger partial charge is 0.490 e. The number of ether oxygens (including phenoxy) is 3. The van der Waals surface area contributed by atoms with Gasteiger partial charge in [0.2, 0.25) is 5.91 Å². The number of carbonyl (C=O) groups is 3. The Kier molecular flexibility index (Phi) is 12.0. The third-order valence-electron chi connectivity index (χ3n) is 9.19. The lowest BCUT2D eigenvalue weighted by Gasteiger charge is -2.33. The average Bonchev–Trinajstić information content (AvgIpc) is 3.52. The van der Waals surface area contributed by atoms with Gasteiger partial charge in [0, 0.05) is 31.6 Å². The van der Waals surface area contributed by atoms with Gasteiger partial charge < -0.3 is 29.0 Å². The molecule has 0 unspecified atom stereocenters. The van der Waals surface area contributed by atoms with Crippen LogP contribution in [-0.2, 0) is 34.0 Å². The summed E-state index contributed by atoms with van der Waals surface area (Å²) in [4.78, 5) is 51.5. The van der Waals surface area contributed by atoms with Crippen molar-refractivity contribution in [2.75, 3.05) is 18.0 Å². The lowest BCUT2D eigenvalue weighted by molar-refractivity contribution is -0.122. The van der Waals surface area contributed by atoms with E-state index in [2.05, 4.69) is 10.2 Å². The molecule has 0 radical (unpaired) electrons. The van der Waals surface area contributed by atoms with Crippen LogP contribution in [0.25, 0.3) is 15.9 Å². The molecule has 2 heterocycles. The summed E-state index contributed by atoms with van der Waals surface area (Å²) >= 11 is 0. The van der Waals surface area contributed by atoms with Gasteiger partial charge in [-0.3, -0.25) is 9.69 Å². The number of hydrogen-bond donors (Lipinski definition) is 1. The van der Waals surface area contributed by atoms with Gasteiger partial charge in [0.05, 0.1) is 30.2 Å². The van der Waals surface area contributed by atoms with Gasteiger partial charge in [-0.2, -0.15) is 0 Å². The molecule has 4 aromatic carbocycles. The second-order valence-corrected chi connectivity index (χ2v) is 14.5. The number of benzene rings is 4. The Balaban J connectivity index is 1.23. The summed E-state index contributed by atoms with van der Waals surface area (Å²) in [6.45, 7) is 16.0. The Labute approximate surface area is 321 Å². The molecule has 1 aromatic heterocycles. The highest BCUT2D eigenvalue weighted by atomic mass is 16.6. The number of nitrogens with zero attached hydrogens (tertiary/aromatic N) is 5. The summed E-state index contributed by atoms with van der Waals surface area (Å²) in [5, 5.41) is 3.07. The van der Waals surface area contributed by atoms with Gasteiger partial charge in [0.15, 0.2) is 5.69 Å². The molecule has 0 saturated carbocycles. The Bertz CT molecular complexity index is 2130. The quantitative estimate of drug-likeness (QED) is 0.135. The third kappa shape index (κ3) is 10.2. The first-order chi connectivity index (χ1) is 26.5. The van der Waals surface area contributed by atoms with Crippen molar-refractivity contribution < 1.29 is 28.6 Å². The third-order valence-corrected chi connectivity index (χ3v) is 9.19. The fourth-order valence-electron chi connectivity index (χ4n) is 6.37. The highest BCUT2D eigenvalue weighted by Gasteiger charge is 2.28. The minimum Gasteiger partial charge on any atom is -0.490 e. The summed E-state index contributed by atoms with van der Waals surface area (Å²) in [6.07, 6.45) is 0.295. The molecule has 6 rings (SSSR count). The lowest BCUT2D eigenvalue weighted by Crippen LogP contribution is -2.44. The van der Waals surface area contributed by atoms with Gasteiger partial charge in [0.1, 0.15) is 36.4 Å². The van der Waals surface area contributed by atoms with E-state index in [0.717, 1.165) is 11.1 Å². The summed E-state index contributed by atoms with van der Waals surface area (Å²) in [6, 6.07) is 31.2. The predicted molar refractivity (Wildman–Crippen MR) is 210 cm³/mol. The van der Waals surface area contributed by atoms with Gasteiger partial charge >= 0.3 is 12.2 Å². The highest BCUT2D eigenvalue weighted by Crippen LogP contribution is 2.28. The number of nitrogens with one attached hydrogen (secondary N) is 1. The molecule has 0 spiro atoms. The van der Waals surface area contributed by atoms with Crippen molar-refractivity contribution in [2.45, 2.75) is 78.0 Å². The van der Waals surface area contributed by atoms with Crippen molar-refractivity contribution in [3.8, 4) is 5.75 Å². The number of piperidine rings is 1. The molecule has 0 bridgehead atoms. The smallest absolute Gasteiger partial charge is 0.415 e. The molecule has 1 aliphatic heterocycles. The SMILES string of the molecule is [C-]#[N+]c1ccc2c(c1)nc(CN(C(=O)OCc1ccccc1)c1ccc(OC3CCN(C(=O)OC(C)(C)C)CC3)cc1)n2CC(=O)N[C@@H](C)c1ccccc1. The first kappa shape index (κ1) is 38.4. The van der Waals surface area contributed by atoms with Crippen LogP contribution in [0.3, 0.4) is 0 Å². The number of anilines is 1. The molecule has 1 fully saturated rings. The van der Waals surface area contributed by atoms with Gasteiger partial charge in [-0.05, 0) is 75.2 Å². The van der Waals surface area contributed by atoms with E-state index < -0.39 is 11.7 Å². The topological polar surface area (TPSA) is 120 Å². The number of amides is 3. The Hall–Kier alpha value is -6.35. The zero-order valence-electron chi connectivity index (χ0n) is 31.6. The molecule has 284 valence electrons. The number of likely N-dealkylation sites (tertiary alicyclic amines) is 1. The van der Waals surface area contributed by atoms with Crippen LogP contribution in [0.1, 0.15) is 63.5 Å². The van der Waals surface area contributed by atoms with Crippen LogP contribution in [0, 0.1) is 6.57 Å². The fourth-order valence-corrected chi connectivity index (χ4v) is 6.37. The van der Waals surface area contributed by atoms with Gasteiger partial charge in [-0.25, -0.2) is 19.4 Å². The normalized spacial score (nSPS) is 13.8. The summed E-state index contributed by atoms with van der Waals surface area (Å²) in [5.74, 6) is 0.830. The standard InChI is InChI=1S/C43H46N6O6/c1-30(32-14-10-7-11-15-32)45-40(50)28-49-38-21-16-33(44-5)26-37(38)46-39(49)27-48(42(52)53-29-31-12-8-6-9-13-31)34-17-19-35(20-18-34)54-36-22-24-47(25-23-36)41(51)55-43(2,3)4/h6-21,26,30,36H,22-25,27-29H2,1-4H3,(H,45,50)/t30-/m0/s1. The van der Waals surface area contributed by atoms with Gasteiger partial charge in [-0.1, -0.05) is 66.7 Å². The average molecular weight is 743 g/mol. The van der Waals surface area contributed by atoms with Crippen molar-refractivity contribution in [2.24, 2.45) is 0 Å². The molecule has 5 aromatic rings. The second kappa shape index (κ2) is 17.2. The lowest BCUT2D eigenvalue weighted by atomic mass is 10.1. The van der Waals surface area contributed by atoms with E-state index in [1.165, 1.54) is 4.90 Å². The maximum absolute atomic E-state index is 13.9. The molecule has 0 aliphatic carbocycles. The molecule has 3 amide bonds. The van der Waals surface area contributed by atoms with Crippen LogP contribution in [-0.4, -0.2) is 57.3 Å². The highest BCUT2D eigenvalue weighted by molar-refractivity contribution is 5.88. The molecular weight excluding hydrogens is 697 g/mol. The number of rotatable bonds is 11. The van der Waals surface area contributed by atoms with Crippen molar-refractivity contribution in [3.63, 3.8) is 0 Å². The summed E-state index contributed by atoms with van der Waals surface area (Å²) in [7, 11) is 0. The van der Waals surface area contributed by atoms with E-state index in [1.54, 1.807) is 51.9 Å². The van der Waals surface area contributed by atoms with Gasteiger partial charge in [0.25, 0.3) is 0 Å². The van der Waals surface area contributed by atoms with E-state index in [9.17, 15) is 14.4 Å². The molecule has 1 N–H and O–H groups in total. The van der Waals surface area contributed by atoms with E-state index in [4.69, 9.17) is 25.8 Å². The number of hydrogen-bond acceptors (Lipinski definition) is 7. The van der Waals surface area contributed by atoms with Crippen LogP contribution in [0.2, 0.25) is 0 Å². The Morgan fingerprint density at radius 3 is 2.27 bits per heavy atom. The summed E-state index contributed by atoms with van der Waals surface area (Å²) in [5.41, 5.74) is 3.39. The molecule has 12 nitrogen and oxygen atoms in total. The van der Waals surface area contributed by atoms with Crippen LogP contribution >= 0.6 is 0 Å². The maximum Gasteiger partial charge on any atom is 0.415 e. The van der Waals surface area contributed by atoms with E-state index in [0.29, 0.717) is 59.9 Å². The Morgan fingerprint density at radius 1 is 0.945 bits per heavy atom. The van der Waals surface area contributed by atoms with Crippen molar-refractivity contribution in [1.82, 2.24) is 19.8 Å². The zero-order chi connectivity index (χ0) is 39.0. The minimum atomic E-state index is -0.602. The molecule has 1 aliphatic rings. The van der Waals surface area contributed by atoms with E-state index in [-0.39, 0.29) is 43.8 Å². The second-order valence-electron chi connectivity index (χ2n) is 14.5. The fraction of sp³-hybridized carbons (Fsp3) is 0.326. The van der Waals surface area contributed by atoms with Gasteiger partial charge in [-0.15, -0.1) is 0 Å². The van der Waals surface area contributed by atoms with Crippen LogP contribution < -0.4 is 15.0 Å². The van der Waals surface area contributed by atoms with Crippen molar-refractivity contribution in [1.29, 1.82) is 0 Å². The van der Waals surface area contributed by atoms with Crippen LogP contribution in [0.5, 0.6) is 5.75 Å². The minimum absolute atomic E-state index is 0.0273. The van der Waals surface area contributed by atoms with E-state index in [1.807, 2.05) is 88.4 Å². The van der Waals surface area contributed by atoms with Crippen molar-refractivity contribution >= 4 is 40.5 Å². The monoisotopic (exact) mass is 742 g/mol. The van der Waals surface area contributed by atoms with E-state index >= 15 is 0 Å². The molecular formula is C43H46N6O6. The van der Waals surface area contributed by atoms with Crippen LogP contribution in [0.15, 0.2) is 103 Å². The number of carbonyl (C=O) groups excluding carboxylic acids is 3. The molecule has 12 heteroatoms. The zero-order valence-corrected chi connectivity index (χ0v) is 31.6. The predicted octanol–water partition coefficient (Wildman–Crippen LogP) is 8.59. The number of imidazole rings is 1. The molecule has 1 saturated heterocycles. The Morgan fingerprint density at radius 2 is 1.62 bits per heavy atom. The first-order valence-corrected chi connectivity index (χ1v) is 18.4. The first-order valence-electron chi connectivity index (χ1n) is 18.4. The number of aromatic nitrogens is 2. The molecule has 1 atom stereocenters. The molecule has 55 heavy (non-hydrogen) atoms. The summed E-state index contributed by atoms with van der Waals surface area (Å²) < 4.78 is 19.4.